The number of aromatic nitrogens is 2. The first-order chi connectivity index (χ1) is 11.2. The molecular weight excluding hydrogens is 328 g/mol. The number of hydrogen-bond donors (Lipinski definition) is 1. The van der Waals surface area contributed by atoms with Crippen LogP contribution in [-0.4, -0.2) is 9.97 Å². The Morgan fingerprint density at radius 1 is 0.957 bits per heavy atom. The Balaban J connectivity index is 1.91. The molecule has 0 aliphatic rings. The topological polar surface area (TPSA) is 45.8 Å². The molecule has 0 bridgehead atoms. The minimum absolute atomic E-state index is 0.125. The first-order valence-electron chi connectivity index (χ1n) is 7.05. The molecule has 0 saturated carbocycles. The van der Waals surface area contributed by atoms with Crippen molar-refractivity contribution in [1.82, 2.24) is 9.97 Å². The van der Waals surface area contributed by atoms with Gasteiger partial charge in [-0.05, 0) is 29.8 Å². The van der Waals surface area contributed by atoms with E-state index in [1.807, 2.05) is 47.8 Å². The molecule has 5 heteroatoms. The molecule has 0 aliphatic carbocycles. The molecule has 0 unspecified atom stereocenters. The van der Waals surface area contributed by atoms with Crippen LogP contribution in [0.2, 0.25) is 5.02 Å². The van der Waals surface area contributed by atoms with Crippen LogP contribution in [0.5, 0.6) is 0 Å². The number of nitrogens with one attached hydrogen (secondary N) is 1. The van der Waals surface area contributed by atoms with Crippen LogP contribution in [0, 0.1) is 0 Å². The highest BCUT2D eigenvalue weighted by molar-refractivity contribution is 7.17. The second-order valence-corrected chi connectivity index (χ2v) is 6.41. The summed E-state index contributed by atoms with van der Waals surface area (Å²) in [6.07, 6.45) is 0. The van der Waals surface area contributed by atoms with E-state index in [1.54, 1.807) is 12.1 Å². The first kappa shape index (κ1) is 14.2. The second kappa shape index (κ2) is 5.65. The van der Waals surface area contributed by atoms with Gasteiger partial charge in [-0.2, -0.15) is 0 Å². The minimum atomic E-state index is -0.125. The van der Waals surface area contributed by atoms with E-state index in [0.717, 1.165) is 21.5 Å². The molecule has 2 aromatic heterocycles. The molecule has 0 aliphatic heterocycles. The Labute approximate surface area is 141 Å². The van der Waals surface area contributed by atoms with E-state index in [2.05, 4.69) is 9.97 Å². The number of benzene rings is 2. The smallest absolute Gasteiger partial charge is 0.260 e. The van der Waals surface area contributed by atoms with Crippen LogP contribution in [0.1, 0.15) is 0 Å². The summed E-state index contributed by atoms with van der Waals surface area (Å²) in [6.45, 7) is 0. The highest BCUT2D eigenvalue weighted by atomic mass is 35.5. The molecule has 2 heterocycles. The van der Waals surface area contributed by atoms with Gasteiger partial charge in [-0.25, -0.2) is 4.98 Å². The SMILES string of the molecule is O=c1[nH]c(-c2ccc(Cl)cc2)nc2scc(-c3ccccc3)c12. The lowest BCUT2D eigenvalue weighted by Gasteiger charge is -2.02. The summed E-state index contributed by atoms with van der Waals surface area (Å²) >= 11 is 7.38. The van der Waals surface area contributed by atoms with E-state index in [-0.39, 0.29) is 5.56 Å². The maximum Gasteiger partial charge on any atom is 0.260 e. The van der Waals surface area contributed by atoms with Gasteiger partial charge >= 0.3 is 0 Å². The Morgan fingerprint density at radius 3 is 2.43 bits per heavy atom. The molecule has 0 atom stereocenters. The van der Waals surface area contributed by atoms with Gasteiger partial charge in [-0.15, -0.1) is 11.3 Å². The van der Waals surface area contributed by atoms with Gasteiger partial charge in [0, 0.05) is 21.5 Å². The van der Waals surface area contributed by atoms with Gasteiger partial charge in [0.15, 0.2) is 0 Å². The molecule has 4 aromatic rings. The van der Waals surface area contributed by atoms with Crippen LogP contribution in [0.25, 0.3) is 32.7 Å². The Kier molecular flexibility index (Phi) is 3.48. The number of halogens is 1. The van der Waals surface area contributed by atoms with Crippen molar-refractivity contribution in [3.63, 3.8) is 0 Å². The maximum absolute atomic E-state index is 12.6. The van der Waals surface area contributed by atoms with Crippen LogP contribution in [0.3, 0.4) is 0 Å². The lowest BCUT2D eigenvalue weighted by atomic mass is 10.1. The third-order valence-electron chi connectivity index (χ3n) is 3.65. The van der Waals surface area contributed by atoms with Gasteiger partial charge in [0.1, 0.15) is 10.7 Å². The van der Waals surface area contributed by atoms with E-state index >= 15 is 0 Å². The average Bonchev–Trinajstić information content (AvgIpc) is 3.01. The fourth-order valence-electron chi connectivity index (χ4n) is 2.52. The highest BCUT2D eigenvalue weighted by Crippen LogP contribution is 2.31. The fraction of sp³-hybridized carbons (Fsp3) is 0. The van der Waals surface area contributed by atoms with Crippen molar-refractivity contribution >= 4 is 33.2 Å². The second-order valence-electron chi connectivity index (χ2n) is 5.12. The van der Waals surface area contributed by atoms with E-state index in [0.29, 0.717) is 16.2 Å². The van der Waals surface area contributed by atoms with Gasteiger partial charge in [0.2, 0.25) is 0 Å². The summed E-state index contributed by atoms with van der Waals surface area (Å²) in [5.74, 6) is 0.556. The van der Waals surface area contributed by atoms with Gasteiger partial charge in [0.05, 0.1) is 5.39 Å². The molecule has 1 N–H and O–H groups in total. The maximum atomic E-state index is 12.6. The van der Waals surface area contributed by atoms with Gasteiger partial charge in [0.25, 0.3) is 5.56 Å². The van der Waals surface area contributed by atoms with Gasteiger partial charge in [-0.1, -0.05) is 41.9 Å². The lowest BCUT2D eigenvalue weighted by Crippen LogP contribution is -2.08. The van der Waals surface area contributed by atoms with E-state index in [4.69, 9.17) is 11.6 Å². The Morgan fingerprint density at radius 2 is 1.70 bits per heavy atom. The number of rotatable bonds is 2. The van der Waals surface area contributed by atoms with E-state index in [1.165, 1.54) is 11.3 Å². The lowest BCUT2D eigenvalue weighted by molar-refractivity contribution is 1.19. The van der Waals surface area contributed by atoms with Crippen molar-refractivity contribution in [3.05, 3.63) is 75.4 Å². The predicted molar refractivity (Wildman–Crippen MR) is 96.1 cm³/mol. The summed E-state index contributed by atoms with van der Waals surface area (Å²) in [5.41, 5.74) is 2.65. The van der Waals surface area contributed by atoms with E-state index in [9.17, 15) is 4.79 Å². The quantitative estimate of drug-likeness (QED) is 0.560. The molecule has 0 amide bonds. The van der Waals surface area contributed by atoms with Crippen molar-refractivity contribution in [1.29, 1.82) is 0 Å². The number of H-pyrrole nitrogens is 1. The number of fused-ring (bicyclic) bond motifs is 1. The normalized spacial score (nSPS) is 11.0. The largest absolute Gasteiger partial charge is 0.306 e. The monoisotopic (exact) mass is 338 g/mol. The first-order valence-corrected chi connectivity index (χ1v) is 8.31. The van der Waals surface area contributed by atoms with Crippen molar-refractivity contribution in [2.24, 2.45) is 0 Å². The number of hydrogen-bond acceptors (Lipinski definition) is 3. The number of nitrogens with zero attached hydrogens (tertiary/aromatic N) is 1. The minimum Gasteiger partial charge on any atom is -0.306 e. The highest BCUT2D eigenvalue weighted by Gasteiger charge is 2.13. The van der Waals surface area contributed by atoms with Crippen molar-refractivity contribution < 1.29 is 0 Å². The van der Waals surface area contributed by atoms with Crippen molar-refractivity contribution in [2.45, 2.75) is 0 Å². The zero-order valence-corrected chi connectivity index (χ0v) is 13.5. The average molecular weight is 339 g/mol. The molecule has 0 spiro atoms. The zero-order valence-electron chi connectivity index (χ0n) is 11.9. The van der Waals surface area contributed by atoms with E-state index < -0.39 is 0 Å². The molecule has 0 radical (unpaired) electrons. The summed E-state index contributed by atoms with van der Waals surface area (Å²) in [6, 6.07) is 17.1. The molecule has 23 heavy (non-hydrogen) atoms. The van der Waals surface area contributed by atoms with Crippen LogP contribution in [0.15, 0.2) is 64.8 Å². The molecule has 3 nitrogen and oxygen atoms in total. The summed E-state index contributed by atoms with van der Waals surface area (Å²) in [4.78, 5) is 20.8. The summed E-state index contributed by atoms with van der Waals surface area (Å²) in [5, 5.41) is 3.27. The number of aromatic amines is 1. The Bertz CT molecular complexity index is 1040. The molecule has 0 fully saturated rings. The molecule has 2 aromatic carbocycles. The van der Waals surface area contributed by atoms with Crippen LogP contribution in [-0.2, 0) is 0 Å². The standard InChI is InChI=1S/C18H11ClN2OS/c19-13-8-6-12(7-9-13)16-20-17(22)15-14(10-23-18(15)21-16)11-4-2-1-3-5-11/h1-10H,(H,20,21,22). The van der Waals surface area contributed by atoms with Crippen LogP contribution >= 0.6 is 22.9 Å². The summed E-state index contributed by atoms with van der Waals surface area (Å²) < 4.78 is 0. The third-order valence-corrected chi connectivity index (χ3v) is 4.77. The molecule has 4 rings (SSSR count). The van der Waals surface area contributed by atoms with Crippen molar-refractivity contribution in [3.8, 4) is 22.5 Å². The predicted octanol–water partition coefficient (Wildman–Crippen LogP) is 4.97. The summed E-state index contributed by atoms with van der Waals surface area (Å²) in [7, 11) is 0. The fourth-order valence-corrected chi connectivity index (χ4v) is 3.60. The van der Waals surface area contributed by atoms with Crippen LogP contribution < -0.4 is 5.56 Å². The van der Waals surface area contributed by atoms with Gasteiger partial charge in [-0.3, -0.25) is 4.79 Å². The van der Waals surface area contributed by atoms with Crippen molar-refractivity contribution in [2.75, 3.05) is 0 Å². The zero-order chi connectivity index (χ0) is 15.8. The van der Waals surface area contributed by atoms with Crippen LogP contribution in [0.4, 0.5) is 0 Å². The van der Waals surface area contributed by atoms with Gasteiger partial charge < -0.3 is 4.98 Å². The Hall–Kier alpha value is -2.43. The number of thiophene rings is 1. The molecular formula is C18H11ClN2OS. The third kappa shape index (κ3) is 2.56. The molecule has 0 saturated heterocycles. The molecule has 112 valence electrons.